The van der Waals surface area contributed by atoms with E-state index in [2.05, 4.69) is 33.2 Å². The highest BCUT2D eigenvalue weighted by Gasteiger charge is 2.63. The lowest BCUT2D eigenvalue weighted by Crippen LogP contribution is -2.42. The Morgan fingerprint density at radius 2 is 2.21 bits per heavy atom. The first kappa shape index (κ1) is 17.6. The van der Waals surface area contributed by atoms with Crippen LogP contribution >= 0.6 is 0 Å². The van der Waals surface area contributed by atoms with E-state index in [0.29, 0.717) is 23.9 Å². The van der Waals surface area contributed by atoms with Crippen LogP contribution in [0.25, 0.3) is 0 Å². The fraction of sp³-hybridized carbons (Fsp3) is 0.500. The Morgan fingerprint density at radius 3 is 3.04 bits per heavy atom. The van der Waals surface area contributed by atoms with Crippen LogP contribution in [0.15, 0.2) is 36.8 Å². The quantitative estimate of drug-likeness (QED) is 0.885. The maximum Gasteiger partial charge on any atom is 0.253 e. The lowest BCUT2D eigenvalue weighted by Gasteiger charge is -2.29. The van der Waals surface area contributed by atoms with Gasteiger partial charge in [-0.15, -0.1) is 0 Å². The summed E-state index contributed by atoms with van der Waals surface area (Å²) in [4.78, 5) is 23.7. The summed E-state index contributed by atoms with van der Waals surface area (Å²) in [6, 6.07) is 5.96. The number of hydrogen-bond donors (Lipinski definition) is 1. The Morgan fingerprint density at radius 1 is 1.32 bits per heavy atom. The van der Waals surface area contributed by atoms with E-state index in [0.717, 1.165) is 37.3 Å². The second-order valence-electron chi connectivity index (χ2n) is 8.46. The Balaban J connectivity index is 1.31. The van der Waals surface area contributed by atoms with Gasteiger partial charge >= 0.3 is 0 Å². The Labute approximate surface area is 165 Å². The summed E-state index contributed by atoms with van der Waals surface area (Å²) in [5.74, 6) is 1.80. The van der Waals surface area contributed by atoms with Crippen molar-refractivity contribution < 1.29 is 9.53 Å². The molecule has 3 saturated heterocycles. The van der Waals surface area contributed by atoms with Crippen LogP contribution in [0.4, 0.5) is 5.82 Å². The molecule has 6 heteroatoms. The van der Waals surface area contributed by atoms with Crippen molar-refractivity contribution in [2.75, 3.05) is 24.5 Å². The summed E-state index contributed by atoms with van der Waals surface area (Å²) in [6.45, 7) is 6.55. The zero-order chi connectivity index (χ0) is 19.3. The molecule has 2 bridgehead atoms. The number of amides is 1. The number of nitrogens with zero attached hydrogens (tertiary/aromatic N) is 3. The number of carbonyl (C=O) groups excluding carboxylic acids is 1. The first-order valence-electron chi connectivity index (χ1n) is 10.1. The molecule has 5 heterocycles. The van der Waals surface area contributed by atoms with Crippen LogP contribution in [-0.4, -0.2) is 47.2 Å². The standard InChI is InChI=1S/C22H26N4O2/c1-14-6-9-23-10-16(14)21(27)25-11-17-18-12-26(20-15(2)4-3-8-24-20)13-22(18)7-5-19(17)28-22/h3-4,6,8-10,17-19H,5,7,11-13H2,1-2H3,(H,25,27)/t17-,18+,19+,22+/m0/s1. The van der Waals surface area contributed by atoms with Gasteiger partial charge in [0, 0.05) is 50.1 Å². The van der Waals surface area contributed by atoms with Gasteiger partial charge in [-0.2, -0.15) is 0 Å². The summed E-state index contributed by atoms with van der Waals surface area (Å²) < 4.78 is 6.52. The van der Waals surface area contributed by atoms with Crippen LogP contribution in [0.5, 0.6) is 0 Å². The molecule has 4 atom stereocenters. The van der Waals surface area contributed by atoms with E-state index in [1.165, 1.54) is 5.56 Å². The average Bonchev–Trinajstić information content (AvgIpc) is 3.35. The number of rotatable bonds is 4. The third-order valence-electron chi connectivity index (χ3n) is 6.85. The van der Waals surface area contributed by atoms with Crippen LogP contribution in [0.3, 0.4) is 0 Å². The van der Waals surface area contributed by atoms with E-state index in [1.807, 2.05) is 25.3 Å². The zero-order valence-electron chi connectivity index (χ0n) is 16.4. The van der Waals surface area contributed by atoms with E-state index < -0.39 is 0 Å². The zero-order valence-corrected chi connectivity index (χ0v) is 16.4. The minimum absolute atomic E-state index is 0.0437. The lowest BCUT2D eigenvalue weighted by molar-refractivity contribution is 0.0141. The van der Waals surface area contributed by atoms with Gasteiger partial charge in [0.2, 0.25) is 0 Å². The summed E-state index contributed by atoms with van der Waals surface area (Å²) in [7, 11) is 0. The lowest BCUT2D eigenvalue weighted by atomic mass is 9.73. The summed E-state index contributed by atoms with van der Waals surface area (Å²) in [5, 5.41) is 3.15. The van der Waals surface area contributed by atoms with E-state index in [-0.39, 0.29) is 17.6 Å². The molecule has 0 unspecified atom stereocenters. The summed E-state index contributed by atoms with van der Waals surface area (Å²) in [6.07, 6.45) is 7.67. The normalized spacial score (nSPS) is 30.5. The second-order valence-corrected chi connectivity index (χ2v) is 8.46. The van der Waals surface area contributed by atoms with Gasteiger partial charge in [-0.3, -0.25) is 9.78 Å². The van der Waals surface area contributed by atoms with Crippen LogP contribution in [0.2, 0.25) is 0 Å². The molecule has 6 nitrogen and oxygen atoms in total. The van der Waals surface area contributed by atoms with Crippen molar-refractivity contribution in [1.82, 2.24) is 15.3 Å². The molecular formula is C22H26N4O2. The number of fused-ring (bicyclic) bond motifs is 1. The first-order chi connectivity index (χ1) is 13.6. The average molecular weight is 378 g/mol. The third kappa shape index (κ3) is 2.70. The largest absolute Gasteiger partial charge is 0.369 e. The molecule has 3 aliphatic heterocycles. The number of nitrogens with one attached hydrogen (secondary N) is 1. The fourth-order valence-electron chi connectivity index (χ4n) is 5.44. The third-order valence-corrected chi connectivity index (χ3v) is 6.85. The number of pyridine rings is 2. The smallest absolute Gasteiger partial charge is 0.253 e. The van der Waals surface area contributed by atoms with E-state index >= 15 is 0 Å². The van der Waals surface area contributed by atoms with Crippen molar-refractivity contribution >= 4 is 11.7 Å². The molecule has 0 radical (unpaired) electrons. The van der Waals surface area contributed by atoms with Gasteiger partial charge in [0.1, 0.15) is 5.82 Å². The Hall–Kier alpha value is -2.47. The maximum atomic E-state index is 12.6. The van der Waals surface area contributed by atoms with Crippen molar-refractivity contribution in [2.45, 2.75) is 38.4 Å². The minimum atomic E-state index is -0.0752. The molecule has 0 aromatic carbocycles. The molecule has 28 heavy (non-hydrogen) atoms. The molecule has 2 aromatic rings. The molecule has 3 aliphatic rings. The Kier molecular flexibility index (Phi) is 4.12. The van der Waals surface area contributed by atoms with Gasteiger partial charge in [0.15, 0.2) is 0 Å². The molecular weight excluding hydrogens is 352 g/mol. The highest BCUT2D eigenvalue weighted by atomic mass is 16.5. The SMILES string of the molecule is Cc1ccncc1C(=O)NC[C@H]1[C@H]2CN(c3ncccc3C)C[C@]23CC[C@H]1O3. The van der Waals surface area contributed by atoms with Gasteiger partial charge < -0.3 is 15.0 Å². The first-order valence-corrected chi connectivity index (χ1v) is 10.1. The summed E-state index contributed by atoms with van der Waals surface area (Å²) >= 11 is 0. The highest BCUT2D eigenvalue weighted by molar-refractivity contribution is 5.95. The molecule has 1 spiro atoms. The molecule has 5 rings (SSSR count). The molecule has 146 valence electrons. The monoisotopic (exact) mass is 378 g/mol. The number of aryl methyl sites for hydroxylation is 2. The van der Waals surface area contributed by atoms with E-state index in [1.54, 1.807) is 12.4 Å². The molecule has 1 amide bonds. The fourth-order valence-corrected chi connectivity index (χ4v) is 5.44. The minimum Gasteiger partial charge on any atom is -0.369 e. The van der Waals surface area contributed by atoms with Gasteiger partial charge in [-0.1, -0.05) is 6.07 Å². The maximum absolute atomic E-state index is 12.6. The predicted octanol–water partition coefficient (Wildman–Crippen LogP) is 2.51. The number of carbonyl (C=O) groups is 1. The number of anilines is 1. The van der Waals surface area contributed by atoms with Crippen LogP contribution in [-0.2, 0) is 4.74 Å². The van der Waals surface area contributed by atoms with Crippen LogP contribution < -0.4 is 10.2 Å². The molecule has 1 N–H and O–H groups in total. The van der Waals surface area contributed by atoms with Gasteiger partial charge in [0.05, 0.1) is 17.3 Å². The van der Waals surface area contributed by atoms with Crippen molar-refractivity contribution in [2.24, 2.45) is 11.8 Å². The van der Waals surface area contributed by atoms with Gasteiger partial charge in [-0.25, -0.2) is 4.98 Å². The highest BCUT2D eigenvalue weighted by Crippen LogP contribution is 2.55. The van der Waals surface area contributed by atoms with Gasteiger partial charge in [-0.05, 0) is 49.9 Å². The van der Waals surface area contributed by atoms with Crippen molar-refractivity contribution in [3.8, 4) is 0 Å². The second kappa shape index (κ2) is 6.55. The number of aromatic nitrogens is 2. The molecule has 3 fully saturated rings. The van der Waals surface area contributed by atoms with Crippen LogP contribution in [0, 0.1) is 25.7 Å². The Bertz CT molecular complexity index is 917. The number of ether oxygens (including phenoxy) is 1. The molecule has 0 saturated carbocycles. The summed E-state index contributed by atoms with van der Waals surface area (Å²) in [5.41, 5.74) is 2.73. The van der Waals surface area contributed by atoms with Crippen LogP contribution in [0.1, 0.15) is 34.3 Å². The van der Waals surface area contributed by atoms with Crippen molar-refractivity contribution in [3.63, 3.8) is 0 Å². The molecule has 0 aliphatic carbocycles. The van der Waals surface area contributed by atoms with E-state index in [4.69, 9.17) is 4.74 Å². The predicted molar refractivity (Wildman–Crippen MR) is 106 cm³/mol. The molecule has 2 aromatic heterocycles. The van der Waals surface area contributed by atoms with E-state index in [9.17, 15) is 4.79 Å². The van der Waals surface area contributed by atoms with Gasteiger partial charge in [0.25, 0.3) is 5.91 Å². The van der Waals surface area contributed by atoms with Crippen molar-refractivity contribution in [1.29, 1.82) is 0 Å². The topological polar surface area (TPSA) is 67.4 Å². The van der Waals surface area contributed by atoms with Crippen molar-refractivity contribution in [3.05, 3.63) is 53.5 Å². The number of hydrogen-bond acceptors (Lipinski definition) is 5.